The zero-order chi connectivity index (χ0) is 7.40. The summed E-state index contributed by atoms with van der Waals surface area (Å²) < 4.78 is 20.6. The summed E-state index contributed by atoms with van der Waals surface area (Å²) in [6, 6.07) is 1.72. The zero-order valence-corrected chi connectivity index (χ0v) is 5.89. The topological polar surface area (TPSA) is 78.0 Å². The Kier molecular flexibility index (Phi) is 2.55. The van der Waals surface area contributed by atoms with Crippen LogP contribution in [0.25, 0.3) is 0 Å². The summed E-state index contributed by atoms with van der Waals surface area (Å²) in [7, 11) is 0. The molecule has 1 atom stereocenters. The number of nitrogens with zero attached hydrogens (tertiary/aromatic N) is 1. The standard InChI is InChI=1S/C4H7N3O2S/c8-10(9)6-3-4-1-2-5-7-4/h1-2,6H,3H2,(H,5,7)(H,8,9). The minimum absolute atomic E-state index is 0.323. The van der Waals surface area contributed by atoms with Crippen LogP contribution in [-0.4, -0.2) is 19.0 Å². The van der Waals surface area contributed by atoms with E-state index in [9.17, 15) is 4.21 Å². The van der Waals surface area contributed by atoms with Gasteiger partial charge in [0.1, 0.15) is 0 Å². The summed E-state index contributed by atoms with van der Waals surface area (Å²) in [6.07, 6.45) is 1.58. The minimum Gasteiger partial charge on any atom is -0.294 e. The summed E-state index contributed by atoms with van der Waals surface area (Å²) >= 11 is -1.95. The van der Waals surface area contributed by atoms with Gasteiger partial charge >= 0.3 is 0 Å². The first-order chi connectivity index (χ1) is 4.79. The van der Waals surface area contributed by atoms with Crippen LogP contribution in [-0.2, 0) is 17.8 Å². The van der Waals surface area contributed by atoms with Crippen LogP contribution in [0.1, 0.15) is 5.69 Å². The molecule has 0 aliphatic rings. The van der Waals surface area contributed by atoms with Crippen LogP contribution in [0.2, 0.25) is 0 Å². The quantitative estimate of drug-likeness (QED) is 0.529. The molecule has 1 unspecified atom stereocenters. The van der Waals surface area contributed by atoms with Gasteiger partial charge in [-0.1, -0.05) is 0 Å². The molecule has 0 saturated heterocycles. The molecule has 0 radical (unpaired) electrons. The fourth-order valence-corrected chi connectivity index (χ4v) is 0.802. The molecule has 0 aliphatic carbocycles. The van der Waals surface area contributed by atoms with E-state index < -0.39 is 11.3 Å². The lowest BCUT2D eigenvalue weighted by Gasteiger charge is -1.93. The first-order valence-corrected chi connectivity index (χ1v) is 3.72. The van der Waals surface area contributed by atoms with Crippen molar-refractivity contribution in [2.24, 2.45) is 0 Å². The summed E-state index contributed by atoms with van der Waals surface area (Å²) in [5.41, 5.74) is 0.780. The molecule has 0 aromatic carbocycles. The maximum absolute atomic E-state index is 10.1. The normalized spacial score (nSPS) is 13.3. The van der Waals surface area contributed by atoms with Crippen molar-refractivity contribution >= 4 is 11.3 Å². The number of rotatable bonds is 3. The molecule has 0 fully saturated rings. The van der Waals surface area contributed by atoms with E-state index in [1.54, 1.807) is 12.3 Å². The van der Waals surface area contributed by atoms with Crippen LogP contribution in [0, 0.1) is 0 Å². The molecule has 1 rings (SSSR count). The van der Waals surface area contributed by atoms with Crippen molar-refractivity contribution in [1.29, 1.82) is 0 Å². The number of hydrogen-bond acceptors (Lipinski definition) is 2. The SMILES string of the molecule is O=S(O)NCc1ccn[nH]1. The largest absolute Gasteiger partial charge is 0.294 e. The molecule has 0 spiro atoms. The van der Waals surface area contributed by atoms with E-state index in [0.717, 1.165) is 5.69 Å². The van der Waals surface area contributed by atoms with Crippen molar-refractivity contribution < 1.29 is 8.76 Å². The number of aromatic amines is 1. The van der Waals surface area contributed by atoms with Crippen LogP contribution >= 0.6 is 0 Å². The predicted octanol–water partition coefficient (Wildman–Crippen LogP) is -0.364. The Hall–Kier alpha value is -0.720. The van der Waals surface area contributed by atoms with Gasteiger partial charge < -0.3 is 0 Å². The molecule has 3 N–H and O–H groups in total. The number of aromatic nitrogens is 2. The van der Waals surface area contributed by atoms with E-state index in [4.69, 9.17) is 4.55 Å². The molecule has 0 aliphatic heterocycles. The van der Waals surface area contributed by atoms with Crippen molar-refractivity contribution in [3.63, 3.8) is 0 Å². The second-order valence-corrected chi connectivity index (χ2v) is 2.44. The smallest absolute Gasteiger partial charge is 0.232 e. The second-order valence-electron chi connectivity index (χ2n) is 1.65. The number of H-pyrrole nitrogens is 1. The van der Waals surface area contributed by atoms with Crippen LogP contribution in [0.3, 0.4) is 0 Å². The van der Waals surface area contributed by atoms with Crippen LogP contribution in [0.15, 0.2) is 12.3 Å². The Bertz CT molecular complexity index is 210. The van der Waals surface area contributed by atoms with Gasteiger partial charge in [-0.05, 0) is 6.07 Å². The Morgan fingerprint density at radius 1 is 1.90 bits per heavy atom. The molecule has 56 valence electrons. The highest BCUT2D eigenvalue weighted by Gasteiger charge is 1.93. The van der Waals surface area contributed by atoms with E-state index in [1.165, 1.54) is 0 Å². The Morgan fingerprint density at radius 2 is 2.70 bits per heavy atom. The third kappa shape index (κ3) is 2.26. The fourth-order valence-electron chi connectivity index (χ4n) is 0.523. The van der Waals surface area contributed by atoms with E-state index >= 15 is 0 Å². The van der Waals surface area contributed by atoms with Gasteiger partial charge in [0.05, 0.1) is 12.2 Å². The zero-order valence-electron chi connectivity index (χ0n) is 5.07. The monoisotopic (exact) mass is 161 g/mol. The molecule has 1 heterocycles. The van der Waals surface area contributed by atoms with Crippen molar-refractivity contribution in [3.05, 3.63) is 18.0 Å². The summed E-state index contributed by atoms with van der Waals surface area (Å²) in [5.74, 6) is 0. The predicted molar refractivity (Wildman–Crippen MR) is 36.2 cm³/mol. The van der Waals surface area contributed by atoms with E-state index in [0.29, 0.717) is 6.54 Å². The van der Waals surface area contributed by atoms with Crippen molar-refractivity contribution in [2.45, 2.75) is 6.54 Å². The van der Waals surface area contributed by atoms with Crippen molar-refractivity contribution in [1.82, 2.24) is 14.9 Å². The van der Waals surface area contributed by atoms with Crippen molar-refractivity contribution in [3.8, 4) is 0 Å². The number of nitrogens with one attached hydrogen (secondary N) is 2. The molecule has 0 saturated carbocycles. The summed E-state index contributed by atoms with van der Waals surface area (Å²) in [4.78, 5) is 0. The highest BCUT2D eigenvalue weighted by molar-refractivity contribution is 7.77. The first kappa shape index (κ1) is 7.39. The molecule has 0 amide bonds. The third-order valence-corrected chi connectivity index (χ3v) is 1.34. The lowest BCUT2D eigenvalue weighted by atomic mass is 10.4. The van der Waals surface area contributed by atoms with Crippen LogP contribution < -0.4 is 4.72 Å². The Balaban J connectivity index is 2.35. The average Bonchev–Trinajstić information content (AvgIpc) is 2.34. The van der Waals surface area contributed by atoms with Gasteiger partial charge in [0.15, 0.2) is 0 Å². The number of hydrogen-bond donors (Lipinski definition) is 3. The van der Waals surface area contributed by atoms with Gasteiger partial charge in [0.2, 0.25) is 11.3 Å². The first-order valence-electron chi connectivity index (χ1n) is 2.61. The minimum atomic E-state index is -1.95. The lowest BCUT2D eigenvalue weighted by Crippen LogP contribution is -2.15. The summed E-state index contributed by atoms with van der Waals surface area (Å²) in [6.45, 7) is 0.323. The van der Waals surface area contributed by atoms with Gasteiger partial charge in [0, 0.05) is 6.20 Å². The van der Waals surface area contributed by atoms with Gasteiger partial charge in [-0.25, -0.2) is 8.93 Å². The maximum Gasteiger partial charge on any atom is 0.232 e. The van der Waals surface area contributed by atoms with Gasteiger partial charge in [0.25, 0.3) is 0 Å². The van der Waals surface area contributed by atoms with Crippen molar-refractivity contribution in [2.75, 3.05) is 0 Å². The Morgan fingerprint density at radius 3 is 3.20 bits per heavy atom. The molecular weight excluding hydrogens is 154 g/mol. The molecule has 5 nitrogen and oxygen atoms in total. The van der Waals surface area contributed by atoms with E-state index in [1.807, 2.05) is 0 Å². The highest BCUT2D eigenvalue weighted by Crippen LogP contribution is 1.88. The van der Waals surface area contributed by atoms with Gasteiger partial charge in [-0.3, -0.25) is 9.65 Å². The third-order valence-electron chi connectivity index (χ3n) is 0.945. The van der Waals surface area contributed by atoms with Crippen LogP contribution in [0.5, 0.6) is 0 Å². The van der Waals surface area contributed by atoms with E-state index in [-0.39, 0.29) is 0 Å². The highest BCUT2D eigenvalue weighted by atomic mass is 32.2. The molecule has 0 bridgehead atoms. The molecule has 1 aromatic heterocycles. The van der Waals surface area contributed by atoms with Crippen LogP contribution in [0.4, 0.5) is 0 Å². The van der Waals surface area contributed by atoms with E-state index in [2.05, 4.69) is 14.9 Å². The maximum atomic E-state index is 10.1. The van der Waals surface area contributed by atoms with Gasteiger partial charge in [-0.2, -0.15) is 5.10 Å². The average molecular weight is 161 g/mol. The van der Waals surface area contributed by atoms with Gasteiger partial charge in [-0.15, -0.1) is 0 Å². The molecule has 6 heteroatoms. The molecular formula is C4H7N3O2S. The molecule has 10 heavy (non-hydrogen) atoms. The second kappa shape index (κ2) is 3.45. The molecule has 1 aromatic rings. The summed E-state index contributed by atoms with van der Waals surface area (Å²) in [5, 5.41) is 6.29. The lowest BCUT2D eigenvalue weighted by molar-refractivity contribution is 0.548. The fraction of sp³-hybridized carbons (Fsp3) is 0.250. The Labute approximate surface area is 60.3 Å².